The van der Waals surface area contributed by atoms with E-state index in [1.807, 2.05) is 6.92 Å². The van der Waals surface area contributed by atoms with Crippen LogP contribution in [0.25, 0.3) is 0 Å². The number of nitrogens with one attached hydrogen (secondary N) is 2. The zero-order chi connectivity index (χ0) is 21.8. The van der Waals surface area contributed by atoms with Crippen molar-refractivity contribution in [2.24, 2.45) is 5.92 Å². The first kappa shape index (κ1) is 20.6. The van der Waals surface area contributed by atoms with Crippen LogP contribution in [0.3, 0.4) is 0 Å². The average Bonchev–Trinajstić information content (AvgIpc) is 2.75. The van der Waals surface area contributed by atoms with E-state index >= 15 is 0 Å². The van der Waals surface area contributed by atoms with Crippen molar-refractivity contribution < 1.29 is 24.1 Å². The third kappa shape index (κ3) is 3.88. The van der Waals surface area contributed by atoms with Crippen LogP contribution >= 0.6 is 0 Å². The van der Waals surface area contributed by atoms with Crippen molar-refractivity contribution >= 4 is 34.9 Å². The van der Waals surface area contributed by atoms with Gasteiger partial charge in [-0.25, -0.2) is 0 Å². The lowest BCUT2D eigenvalue weighted by atomic mass is 9.89. The molecule has 0 saturated heterocycles. The topological polar surface area (TPSA) is 139 Å². The molecule has 0 saturated carbocycles. The molecule has 1 atom stereocenters. The predicted octanol–water partition coefficient (Wildman–Crippen LogP) is 1.61. The number of para-hydroxylation sites is 1. The van der Waals surface area contributed by atoms with E-state index in [1.54, 1.807) is 24.3 Å². The maximum atomic E-state index is 12.8. The molecule has 1 heterocycles. The molecular weight excluding hydrogens is 392 g/mol. The van der Waals surface area contributed by atoms with Crippen molar-refractivity contribution in [2.45, 2.75) is 13.3 Å². The zero-order valence-electron chi connectivity index (χ0n) is 16.0. The highest BCUT2D eigenvalue weighted by Crippen LogP contribution is 2.30. The normalized spacial score (nSPS) is 15.4. The van der Waals surface area contributed by atoms with Crippen LogP contribution in [0.2, 0.25) is 0 Å². The van der Waals surface area contributed by atoms with E-state index in [0.717, 1.165) is 12.1 Å². The number of carbonyl (C=O) groups excluding carboxylic acids is 4. The lowest BCUT2D eigenvalue weighted by molar-refractivity contribution is -0.384. The van der Waals surface area contributed by atoms with E-state index in [2.05, 4.69) is 10.9 Å². The Labute approximate surface area is 171 Å². The summed E-state index contributed by atoms with van der Waals surface area (Å²) in [5.74, 6) is -4.65. The molecule has 10 nitrogen and oxygen atoms in total. The molecule has 1 aliphatic rings. The van der Waals surface area contributed by atoms with Crippen molar-refractivity contribution in [3.8, 4) is 0 Å². The van der Waals surface area contributed by atoms with Crippen LogP contribution in [-0.4, -0.2) is 35.0 Å². The number of nitrogens with zero attached hydrogens (tertiary/aromatic N) is 2. The van der Waals surface area contributed by atoms with Crippen LogP contribution in [0.15, 0.2) is 48.5 Å². The highest BCUT2D eigenvalue weighted by molar-refractivity contribution is 6.31. The maximum absolute atomic E-state index is 12.8. The molecule has 1 aliphatic heterocycles. The SMILES string of the molecule is CCCN1C(=O)C(C(=O)NNC(=O)c2ccc([N+](=O)[O-])cc2)C(=O)c2ccccc21. The molecule has 0 aromatic heterocycles. The number of Topliss-reactive ketones (excluding diaryl/α,β-unsaturated/α-hetero) is 1. The van der Waals surface area contributed by atoms with Crippen LogP contribution in [-0.2, 0) is 9.59 Å². The Morgan fingerprint density at radius 2 is 1.73 bits per heavy atom. The standard InChI is InChI=1S/C20H18N4O6/c1-2-11-23-15-6-4-3-5-14(15)17(25)16(20(23)28)19(27)22-21-18(26)12-7-9-13(10-8-12)24(29)30/h3-10,16H,2,11H2,1H3,(H,21,26)(H,22,27). The van der Waals surface area contributed by atoms with E-state index in [4.69, 9.17) is 0 Å². The molecule has 2 aromatic rings. The Kier molecular flexibility index (Phi) is 5.86. The molecule has 0 bridgehead atoms. The van der Waals surface area contributed by atoms with Crippen molar-refractivity contribution in [3.05, 3.63) is 69.8 Å². The molecule has 2 N–H and O–H groups in total. The quantitative estimate of drug-likeness (QED) is 0.436. The molecule has 2 aromatic carbocycles. The summed E-state index contributed by atoms with van der Waals surface area (Å²) in [4.78, 5) is 61.8. The van der Waals surface area contributed by atoms with E-state index < -0.39 is 34.3 Å². The summed E-state index contributed by atoms with van der Waals surface area (Å²) in [6, 6.07) is 11.3. The second-order valence-corrected chi connectivity index (χ2v) is 6.55. The number of carbonyl (C=O) groups is 4. The molecular formula is C20H18N4O6. The van der Waals surface area contributed by atoms with Crippen molar-refractivity contribution in [1.82, 2.24) is 10.9 Å². The van der Waals surface area contributed by atoms with Crippen molar-refractivity contribution in [1.29, 1.82) is 0 Å². The molecule has 3 rings (SSSR count). The van der Waals surface area contributed by atoms with Gasteiger partial charge >= 0.3 is 0 Å². The van der Waals surface area contributed by atoms with Gasteiger partial charge < -0.3 is 4.90 Å². The van der Waals surface area contributed by atoms with Crippen LogP contribution < -0.4 is 15.8 Å². The lowest BCUT2D eigenvalue weighted by Gasteiger charge is -2.32. The molecule has 0 aliphatic carbocycles. The Morgan fingerprint density at radius 1 is 1.07 bits per heavy atom. The van der Waals surface area contributed by atoms with Gasteiger partial charge in [-0.3, -0.25) is 40.1 Å². The Balaban J connectivity index is 1.74. The fourth-order valence-corrected chi connectivity index (χ4v) is 3.14. The van der Waals surface area contributed by atoms with Crippen molar-refractivity contribution in [2.75, 3.05) is 11.4 Å². The number of nitro benzene ring substituents is 1. The predicted molar refractivity (Wildman–Crippen MR) is 106 cm³/mol. The molecule has 30 heavy (non-hydrogen) atoms. The van der Waals surface area contributed by atoms with Gasteiger partial charge in [0, 0.05) is 29.8 Å². The number of hydrogen-bond donors (Lipinski definition) is 2. The number of ketones is 1. The monoisotopic (exact) mass is 410 g/mol. The number of amides is 3. The molecule has 1 unspecified atom stereocenters. The second-order valence-electron chi connectivity index (χ2n) is 6.55. The molecule has 0 fully saturated rings. The number of anilines is 1. The van der Waals surface area contributed by atoms with E-state index in [-0.39, 0.29) is 16.8 Å². The van der Waals surface area contributed by atoms with E-state index in [1.165, 1.54) is 17.0 Å². The Hall–Kier alpha value is -4.08. The van der Waals surface area contributed by atoms with Crippen LogP contribution in [0, 0.1) is 16.0 Å². The summed E-state index contributed by atoms with van der Waals surface area (Å²) < 4.78 is 0. The number of fused-ring (bicyclic) bond motifs is 1. The molecule has 3 amide bonds. The first-order valence-electron chi connectivity index (χ1n) is 9.14. The van der Waals surface area contributed by atoms with Gasteiger partial charge in [0.2, 0.25) is 5.91 Å². The maximum Gasteiger partial charge on any atom is 0.269 e. The summed E-state index contributed by atoms with van der Waals surface area (Å²) >= 11 is 0. The fourth-order valence-electron chi connectivity index (χ4n) is 3.14. The number of hydrogen-bond acceptors (Lipinski definition) is 6. The fraction of sp³-hybridized carbons (Fsp3) is 0.200. The number of rotatable bonds is 5. The molecule has 0 spiro atoms. The summed E-state index contributed by atoms with van der Waals surface area (Å²) in [6.07, 6.45) is 0.624. The van der Waals surface area contributed by atoms with Gasteiger partial charge in [0.1, 0.15) is 0 Å². The van der Waals surface area contributed by atoms with Crippen LogP contribution in [0.4, 0.5) is 11.4 Å². The minimum Gasteiger partial charge on any atom is -0.311 e. The average molecular weight is 410 g/mol. The van der Waals surface area contributed by atoms with Gasteiger partial charge in [0.05, 0.1) is 10.6 Å². The number of nitro groups is 1. The van der Waals surface area contributed by atoms with E-state index in [9.17, 15) is 29.3 Å². The summed E-state index contributed by atoms with van der Waals surface area (Å²) in [6.45, 7) is 2.20. The largest absolute Gasteiger partial charge is 0.311 e. The lowest BCUT2D eigenvalue weighted by Crippen LogP contribution is -2.54. The van der Waals surface area contributed by atoms with Crippen LogP contribution in [0.1, 0.15) is 34.1 Å². The smallest absolute Gasteiger partial charge is 0.269 e. The van der Waals surface area contributed by atoms with Gasteiger partial charge in [-0.15, -0.1) is 0 Å². The van der Waals surface area contributed by atoms with Gasteiger partial charge in [-0.1, -0.05) is 19.1 Å². The second kappa shape index (κ2) is 8.52. The zero-order valence-corrected chi connectivity index (χ0v) is 16.0. The Bertz CT molecular complexity index is 1030. The highest BCUT2D eigenvalue weighted by atomic mass is 16.6. The first-order chi connectivity index (χ1) is 14.3. The minimum absolute atomic E-state index is 0.0557. The molecule has 154 valence electrons. The number of non-ortho nitro benzene ring substituents is 1. The third-order valence-electron chi connectivity index (χ3n) is 4.58. The summed E-state index contributed by atoms with van der Waals surface area (Å²) in [5, 5.41) is 10.7. The van der Waals surface area contributed by atoms with Crippen molar-refractivity contribution in [3.63, 3.8) is 0 Å². The molecule has 0 radical (unpaired) electrons. The Morgan fingerprint density at radius 3 is 2.37 bits per heavy atom. The minimum atomic E-state index is -1.62. The summed E-state index contributed by atoms with van der Waals surface area (Å²) in [5.41, 5.74) is 4.80. The first-order valence-corrected chi connectivity index (χ1v) is 9.14. The third-order valence-corrected chi connectivity index (χ3v) is 4.58. The summed E-state index contributed by atoms with van der Waals surface area (Å²) in [7, 11) is 0. The van der Waals surface area contributed by atoms with Gasteiger partial charge in [-0.05, 0) is 30.7 Å². The van der Waals surface area contributed by atoms with Gasteiger partial charge in [-0.2, -0.15) is 0 Å². The number of benzene rings is 2. The highest BCUT2D eigenvalue weighted by Gasteiger charge is 2.43. The van der Waals surface area contributed by atoms with Crippen LogP contribution in [0.5, 0.6) is 0 Å². The van der Waals surface area contributed by atoms with E-state index in [0.29, 0.717) is 18.7 Å². The molecule has 10 heteroatoms. The number of hydrazine groups is 1. The van der Waals surface area contributed by atoms with Gasteiger partial charge in [0.25, 0.3) is 17.5 Å². The van der Waals surface area contributed by atoms with Gasteiger partial charge in [0.15, 0.2) is 11.7 Å².